The van der Waals surface area contributed by atoms with Crippen molar-refractivity contribution in [2.24, 2.45) is 5.84 Å². The zero-order valence-corrected chi connectivity index (χ0v) is 16.6. The van der Waals surface area contributed by atoms with Crippen molar-refractivity contribution in [3.63, 3.8) is 0 Å². The first-order valence-corrected chi connectivity index (χ1v) is 7.83. The second kappa shape index (κ2) is 10.3. The molecule has 0 aromatic heterocycles. The maximum atomic E-state index is 13.0. The summed E-state index contributed by atoms with van der Waals surface area (Å²) in [5.74, 6) is 1.30. The third-order valence-corrected chi connectivity index (χ3v) is 4.38. The molecule has 142 valence electrons. The van der Waals surface area contributed by atoms with E-state index < -0.39 is 23.6 Å². The van der Waals surface area contributed by atoms with Crippen LogP contribution in [0.2, 0.25) is 0 Å². The summed E-state index contributed by atoms with van der Waals surface area (Å²) < 4.78 is 26.0. The summed E-state index contributed by atoms with van der Waals surface area (Å²) in [4.78, 5) is 20.9. The highest BCUT2D eigenvalue weighted by Gasteiger charge is 2.11. The first-order chi connectivity index (χ1) is 11.6. The van der Waals surface area contributed by atoms with Crippen molar-refractivity contribution >= 4 is 67.6 Å². The van der Waals surface area contributed by atoms with Gasteiger partial charge in [-0.2, -0.15) is 0 Å². The van der Waals surface area contributed by atoms with E-state index in [1.54, 1.807) is 0 Å². The van der Waals surface area contributed by atoms with Crippen LogP contribution >= 0.6 is 44.3 Å². The molecule has 0 aliphatic rings. The van der Waals surface area contributed by atoms with Gasteiger partial charge in [-0.1, -0.05) is 0 Å². The van der Waals surface area contributed by atoms with E-state index in [1.165, 1.54) is 12.1 Å². The fraction of sp³-hybridized carbons (Fsp3) is 0. The number of hydrazine groups is 1. The molecule has 2 aromatic rings. The Labute approximate surface area is 169 Å². The highest BCUT2D eigenvalue weighted by Crippen LogP contribution is 2.26. The largest absolute Gasteiger partial charge is 0.478 e. The van der Waals surface area contributed by atoms with E-state index in [-0.39, 0.29) is 43.9 Å². The summed E-state index contributed by atoms with van der Waals surface area (Å²) in [6.45, 7) is 0. The fourth-order valence-corrected chi connectivity index (χ4v) is 2.12. The lowest BCUT2D eigenvalue weighted by atomic mass is 10.2. The number of benzene rings is 2. The fourth-order valence-electron chi connectivity index (χ4n) is 1.55. The number of anilines is 2. The molecule has 0 heterocycles. The van der Waals surface area contributed by atoms with Crippen LogP contribution in [-0.4, -0.2) is 22.2 Å². The van der Waals surface area contributed by atoms with Crippen LogP contribution in [0.3, 0.4) is 0 Å². The molecule has 0 fully saturated rings. The van der Waals surface area contributed by atoms with Gasteiger partial charge in [-0.15, -0.1) is 12.4 Å². The summed E-state index contributed by atoms with van der Waals surface area (Å²) in [6, 6.07) is 4.24. The number of hydrogen-bond donors (Lipinski definition) is 5. The Kier molecular flexibility index (Phi) is 9.49. The maximum absolute atomic E-state index is 13.0. The van der Waals surface area contributed by atoms with Gasteiger partial charge in [0.15, 0.2) is 0 Å². The standard InChI is InChI=1S/C7H6BrFN2O2.C7H5BrFNO2.ClH/c8-6-4(9)1-3(7(12)13)2-5(6)11-10;8-6-4(9)1-3(7(11)12)2-5(6)10;/h1-2,11H,10H2,(H,12,13);1-2H,10H2,(H,11,12);1H. The maximum Gasteiger partial charge on any atom is 0.335 e. The molecule has 0 aliphatic carbocycles. The molecule has 0 unspecified atom stereocenters. The van der Waals surface area contributed by atoms with Crippen molar-refractivity contribution in [3.05, 3.63) is 56.0 Å². The molecular formula is C14H12Br2ClF2N3O4. The number of carboxylic acid groups (broad SMARTS) is 2. The van der Waals surface area contributed by atoms with E-state index in [0.29, 0.717) is 0 Å². The number of carbonyl (C=O) groups is 2. The molecule has 26 heavy (non-hydrogen) atoms. The molecule has 0 saturated carbocycles. The first-order valence-electron chi connectivity index (χ1n) is 6.25. The molecule has 0 saturated heterocycles. The molecule has 7 nitrogen and oxygen atoms in total. The Morgan fingerprint density at radius 2 is 1.35 bits per heavy atom. The van der Waals surface area contributed by atoms with Crippen LogP contribution in [0.5, 0.6) is 0 Å². The average Bonchev–Trinajstić information content (AvgIpc) is 2.54. The lowest BCUT2D eigenvalue weighted by molar-refractivity contribution is 0.0685. The molecular weight excluding hydrogens is 507 g/mol. The van der Waals surface area contributed by atoms with Gasteiger partial charge >= 0.3 is 11.9 Å². The van der Waals surface area contributed by atoms with E-state index in [9.17, 15) is 18.4 Å². The third kappa shape index (κ3) is 6.09. The molecule has 7 N–H and O–H groups in total. The lowest BCUT2D eigenvalue weighted by Gasteiger charge is -2.05. The van der Waals surface area contributed by atoms with Gasteiger partial charge in [-0.3, -0.25) is 5.84 Å². The van der Waals surface area contributed by atoms with Gasteiger partial charge in [0.05, 0.1) is 25.8 Å². The van der Waals surface area contributed by atoms with Gasteiger partial charge in [0.25, 0.3) is 0 Å². The van der Waals surface area contributed by atoms with Gasteiger partial charge < -0.3 is 21.4 Å². The van der Waals surface area contributed by atoms with E-state index in [1.807, 2.05) is 0 Å². The highest BCUT2D eigenvalue weighted by atomic mass is 79.9. The summed E-state index contributed by atoms with van der Waals surface area (Å²) in [6.07, 6.45) is 0. The van der Waals surface area contributed by atoms with Crippen molar-refractivity contribution in [1.29, 1.82) is 0 Å². The third-order valence-electron chi connectivity index (χ3n) is 2.73. The zero-order valence-electron chi connectivity index (χ0n) is 12.6. The van der Waals surface area contributed by atoms with Crippen LogP contribution in [0.15, 0.2) is 33.2 Å². The predicted molar refractivity (Wildman–Crippen MR) is 102 cm³/mol. The molecule has 0 aliphatic heterocycles. The second-order valence-electron chi connectivity index (χ2n) is 4.44. The van der Waals surface area contributed by atoms with Gasteiger partial charge in [0.2, 0.25) is 0 Å². The SMILES string of the molecule is Cl.NNc1cc(C(=O)O)cc(F)c1Br.Nc1cc(C(=O)O)cc(F)c1Br. The van der Waals surface area contributed by atoms with Crippen molar-refractivity contribution in [1.82, 2.24) is 0 Å². The Balaban J connectivity index is 0.000000464. The van der Waals surface area contributed by atoms with Crippen LogP contribution in [0.4, 0.5) is 20.2 Å². The molecule has 0 atom stereocenters. The molecule has 2 rings (SSSR count). The Bertz CT molecular complexity index is 817. The van der Waals surface area contributed by atoms with Gasteiger partial charge in [0.1, 0.15) is 11.6 Å². The minimum Gasteiger partial charge on any atom is -0.478 e. The van der Waals surface area contributed by atoms with Gasteiger partial charge in [-0.05, 0) is 56.1 Å². The number of hydrogen-bond acceptors (Lipinski definition) is 5. The van der Waals surface area contributed by atoms with Crippen LogP contribution < -0.4 is 17.0 Å². The Hall–Kier alpha value is -1.95. The summed E-state index contributed by atoms with van der Waals surface area (Å²) in [5, 5.41) is 17.1. The molecule has 2 aromatic carbocycles. The molecule has 0 spiro atoms. The summed E-state index contributed by atoms with van der Waals surface area (Å²) in [7, 11) is 0. The smallest absolute Gasteiger partial charge is 0.335 e. The van der Waals surface area contributed by atoms with E-state index >= 15 is 0 Å². The van der Waals surface area contributed by atoms with Crippen LogP contribution in [-0.2, 0) is 0 Å². The molecule has 0 bridgehead atoms. The van der Waals surface area contributed by atoms with Gasteiger partial charge in [-0.25, -0.2) is 18.4 Å². The number of aromatic carboxylic acids is 2. The van der Waals surface area contributed by atoms with Gasteiger partial charge in [0, 0.05) is 5.69 Å². The van der Waals surface area contributed by atoms with Crippen LogP contribution in [0.1, 0.15) is 20.7 Å². The lowest BCUT2D eigenvalue weighted by Crippen LogP contribution is -2.09. The number of nitrogens with one attached hydrogen (secondary N) is 1. The molecule has 12 heteroatoms. The monoisotopic (exact) mass is 517 g/mol. The summed E-state index contributed by atoms with van der Waals surface area (Å²) >= 11 is 5.78. The van der Waals surface area contributed by atoms with Crippen LogP contribution in [0.25, 0.3) is 0 Å². The number of carboxylic acids is 2. The van der Waals surface area contributed by atoms with Crippen LogP contribution in [0, 0.1) is 11.6 Å². The van der Waals surface area contributed by atoms with Crippen molar-refractivity contribution < 1.29 is 28.6 Å². The predicted octanol–water partition coefficient (Wildman–Crippen LogP) is 3.86. The number of nitrogens with two attached hydrogens (primary N) is 2. The Morgan fingerprint density at radius 3 is 1.73 bits per heavy atom. The van der Waals surface area contributed by atoms with E-state index in [2.05, 4.69) is 37.3 Å². The minimum absolute atomic E-state index is 0. The average molecular weight is 520 g/mol. The number of rotatable bonds is 3. The highest BCUT2D eigenvalue weighted by molar-refractivity contribution is 9.11. The number of halogens is 5. The van der Waals surface area contributed by atoms with Crippen molar-refractivity contribution in [2.75, 3.05) is 11.2 Å². The normalized spacial score (nSPS) is 9.42. The quantitative estimate of drug-likeness (QED) is 0.236. The van der Waals surface area contributed by atoms with Crippen molar-refractivity contribution in [3.8, 4) is 0 Å². The Morgan fingerprint density at radius 1 is 0.923 bits per heavy atom. The number of nitrogen functional groups attached to an aromatic ring is 2. The summed E-state index contributed by atoms with van der Waals surface area (Å²) in [5.41, 5.74) is 7.44. The van der Waals surface area contributed by atoms with E-state index in [4.69, 9.17) is 21.8 Å². The molecule has 0 amide bonds. The minimum atomic E-state index is -1.21. The molecule has 0 radical (unpaired) electrons. The first kappa shape index (κ1) is 24.1. The zero-order chi connectivity index (χ0) is 19.3. The topological polar surface area (TPSA) is 139 Å². The van der Waals surface area contributed by atoms with Crippen molar-refractivity contribution in [2.45, 2.75) is 0 Å². The van der Waals surface area contributed by atoms with E-state index in [0.717, 1.165) is 12.1 Å². The second-order valence-corrected chi connectivity index (χ2v) is 6.02.